The molecule has 3 heterocycles. The summed E-state index contributed by atoms with van der Waals surface area (Å²) in [5, 5.41) is 8.48. The maximum Gasteiger partial charge on any atom is 0.337 e. The number of carbonyl (C=O) groups is 1. The summed E-state index contributed by atoms with van der Waals surface area (Å²) in [5.74, 6) is -0.424. The molecule has 0 aliphatic heterocycles. The number of H-pyrrole nitrogens is 1. The third-order valence-electron chi connectivity index (χ3n) is 3.95. The summed E-state index contributed by atoms with van der Waals surface area (Å²) in [6.45, 7) is -2.38. The van der Waals surface area contributed by atoms with Crippen LogP contribution in [0.4, 0.5) is 0 Å². The molecule has 0 atom stereocenters. The van der Waals surface area contributed by atoms with Gasteiger partial charge in [0, 0.05) is 33.8 Å². The van der Waals surface area contributed by atoms with Gasteiger partial charge in [0.25, 0.3) is 0 Å². The van der Waals surface area contributed by atoms with E-state index in [0.717, 1.165) is 16.4 Å². The summed E-state index contributed by atoms with van der Waals surface area (Å²) < 4.78 is 29.1. The molecule has 3 aromatic heterocycles. The summed E-state index contributed by atoms with van der Waals surface area (Å²) in [4.78, 5) is 19.4. The summed E-state index contributed by atoms with van der Waals surface area (Å²) in [6, 6.07) is 6.97. The van der Waals surface area contributed by atoms with Crippen LogP contribution in [0.1, 0.15) is 20.2 Å². The number of hydrogen-bond acceptors (Lipinski definition) is 5. The smallest absolute Gasteiger partial charge is 0.337 e. The predicted octanol–water partition coefficient (Wildman–Crippen LogP) is 2.61. The number of nitrogens with one attached hydrogen (secondary N) is 1. The van der Waals surface area contributed by atoms with Gasteiger partial charge in [0.1, 0.15) is 0 Å². The molecule has 120 valence electrons. The summed E-state index contributed by atoms with van der Waals surface area (Å²) >= 11 is 0. The standard InChI is InChI=1S/C17H15N5O2/c1-9-16(22(2)21-20-9)11-7-14-15(18-8-11)12-5-4-10(17(23)24-3)6-13(12)19-14/h4-8,19H,1-3H3/i1D3. The average molecular weight is 324 g/mol. The van der Waals surface area contributed by atoms with E-state index < -0.39 is 12.8 Å². The van der Waals surface area contributed by atoms with E-state index in [4.69, 9.17) is 8.85 Å². The molecule has 0 aliphatic carbocycles. The van der Waals surface area contributed by atoms with Crippen LogP contribution in [-0.4, -0.2) is 38.0 Å². The van der Waals surface area contributed by atoms with Crippen molar-refractivity contribution in [3.05, 3.63) is 41.7 Å². The highest BCUT2D eigenvalue weighted by molar-refractivity contribution is 6.07. The minimum atomic E-state index is -2.38. The topological polar surface area (TPSA) is 85.7 Å². The first-order valence-corrected chi connectivity index (χ1v) is 7.20. The van der Waals surface area contributed by atoms with Crippen LogP contribution in [0.15, 0.2) is 30.5 Å². The first kappa shape index (κ1) is 11.3. The van der Waals surface area contributed by atoms with Crippen molar-refractivity contribution >= 4 is 27.9 Å². The molecule has 7 heteroatoms. The molecule has 4 rings (SSSR count). The molecule has 7 nitrogen and oxygen atoms in total. The first-order chi connectivity index (χ1) is 12.8. The van der Waals surface area contributed by atoms with Crippen LogP contribution < -0.4 is 0 Å². The number of aromatic amines is 1. The molecule has 0 spiro atoms. The lowest BCUT2D eigenvalue weighted by atomic mass is 10.1. The largest absolute Gasteiger partial charge is 0.465 e. The molecule has 24 heavy (non-hydrogen) atoms. The highest BCUT2D eigenvalue weighted by atomic mass is 16.5. The van der Waals surface area contributed by atoms with Gasteiger partial charge in [-0.05, 0) is 31.1 Å². The highest BCUT2D eigenvalue weighted by Gasteiger charge is 2.14. The first-order valence-electron chi connectivity index (χ1n) is 8.70. The van der Waals surface area contributed by atoms with Crippen molar-refractivity contribution in [2.75, 3.05) is 7.11 Å². The Labute approximate surface area is 141 Å². The number of hydrogen-bond donors (Lipinski definition) is 1. The fourth-order valence-electron chi connectivity index (χ4n) is 2.83. The molecular weight excluding hydrogens is 306 g/mol. The molecule has 0 radical (unpaired) electrons. The van der Waals surface area contributed by atoms with Gasteiger partial charge in [0.05, 0.1) is 35.1 Å². The number of aryl methyl sites for hydroxylation is 2. The van der Waals surface area contributed by atoms with Crippen LogP contribution in [-0.2, 0) is 11.8 Å². The zero-order valence-corrected chi connectivity index (χ0v) is 13.0. The normalized spacial score (nSPS) is 13.7. The Kier molecular flexibility index (Phi) is 2.44. The molecule has 0 aliphatic rings. The lowest BCUT2D eigenvalue weighted by Gasteiger charge is -2.02. The number of carbonyl (C=O) groups excluding carboxylic acids is 1. The number of benzene rings is 1. The molecule has 0 amide bonds. The Morgan fingerprint density at radius 3 is 3.00 bits per heavy atom. The number of methoxy groups -OCH3 is 1. The molecule has 0 bridgehead atoms. The van der Waals surface area contributed by atoms with Crippen molar-refractivity contribution in [3.8, 4) is 11.3 Å². The summed E-state index contributed by atoms with van der Waals surface area (Å²) in [6.07, 6.45) is 1.60. The third kappa shape index (κ3) is 2.05. The fourth-order valence-corrected chi connectivity index (χ4v) is 2.83. The number of pyridine rings is 1. The van der Waals surface area contributed by atoms with E-state index in [2.05, 4.69) is 20.3 Å². The number of nitrogens with zero attached hydrogens (tertiary/aromatic N) is 4. The monoisotopic (exact) mass is 324 g/mol. The van der Waals surface area contributed by atoms with E-state index in [-0.39, 0.29) is 5.69 Å². The van der Waals surface area contributed by atoms with Gasteiger partial charge in [-0.25, -0.2) is 9.48 Å². The van der Waals surface area contributed by atoms with Crippen molar-refractivity contribution in [2.45, 2.75) is 6.85 Å². The zero-order valence-electron chi connectivity index (χ0n) is 16.0. The number of esters is 1. The maximum absolute atomic E-state index is 11.7. The van der Waals surface area contributed by atoms with Gasteiger partial charge >= 0.3 is 5.97 Å². The molecule has 1 N–H and O–H groups in total. The SMILES string of the molecule is [2H]C([2H])([2H])c1nnn(C)c1-c1cnc2c(c1)[nH]c1cc(C(=O)OC)ccc12. The van der Waals surface area contributed by atoms with Crippen LogP contribution in [0.3, 0.4) is 0 Å². The Morgan fingerprint density at radius 1 is 1.33 bits per heavy atom. The average Bonchev–Trinajstić information content (AvgIpc) is 3.19. The van der Waals surface area contributed by atoms with E-state index in [0.29, 0.717) is 22.3 Å². The van der Waals surface area contributed by atoms with Crippen LogP contribution in [0.2, 0.25) is 0 Å². The van der Waals surface area contributed by atoms with Crippen LogP contribution in [0.25, 0.3) is 33.2 Å². The van der Waals surface area contributed by atoms with Gasteiger partial charge in [-0.2, -0.15) is 0 Å². The second kappa shape index (κ2) is 5.16. The minimum absolute atomic E-state index is 0.0739. The molecular formula is C17H15N5O2. The van der Waals surface area contributed by atoms with Gasteiger partial charge in [0.2, 0.25) is 0 Å². The Bertz CT molecular complexity index is 1190. The van der Waals surface area contributed by atoms with Crippen molar-refractivity contribution in [1.29, 1.82) is 0 Å². The quantitative estimate of drug-likeness (QED) is 0.573. The maximum atomic E-state index is 11.7. The number of rotatable bonds is 2. The van der Waals surface area contributed by atoms with Gasteiger partial charge < -0.3 is 9.72 Å². The van der Waals surface area contributed by atoms with E-state index in [1.807, 2.05) is 0 Å². The number of ether oxygens (including phenoxy) is 1. The van der Waals surface area contributed by atoms with Crippen molar-refractivity contribution in [1.82, 2.24) is 25.0 Å². The van der Waals surface area contributed by atoms with Crippen molar-refractivity contribution < 1.29 is 13.6 Å². The van der Waals surface area contributed by atoms with Crippen LogP contribution in [0, 0.1) is 6.85 Å². The highest BCUT2D eigenvalue weighted by Crippen LogP contribution is 2.29. The third-order valence-corrected chi connectivity index (χ3v) is 3.95. The molecule has 0 unspecified atom stereocenters. The second-order valence-corrected chi connectivity index (χ2v) is 5.41. The molecule has 0 saturated heterocycles. The fraction of sp³-hybridized carbons (Fsp3) is 0.176. The lowest BCUT2D eigenvalue weighted by Crippen LogP contribution is -2.00. The van der Waals surface area contributed by atoms with Crippen molar-refractivity contribution in [3.63, 3.8) is 0 Å². The molecule has 0 fully saturated rings. The number of aromatic nitrogens is 5. The Hall–Kier alpha value is -3.22. The molecule has 1 aromatic carbocycles. The predicted molar refractivity (Wildman–Crippen MR) is 89.7 cm³/mol. The van der Waals surface area contributed by atoms with Gasteiger partial charge in [0.15, 0.2) is 0 Å². The van der Waals surface area contributed by atoms with E-state index in [1.54, 1.807) is 37.5 Å². The second-order valence-electron chi connectivity index (χ2n) is 5.41. The van der Waals surface area contributed by atoms with E-state index >= 15 is 0 Å². The zero-order chi connectivity index (χ0) is 19.3. The van der Waals surface area contributed by atoms with Gasteiger partial charge in [-0.3, -0.25) is 4.98 Å². The molecule has 0 saturated carbocycles. The van der Waals surface area contributed by atoms with Gasteiger partial charge in [-0.1, -0.05) is 5.21 Å². The Morgan fingerprint density at radius 2 is 2.21 bits per heavy atom. The summed E-state index contributed by atoms with van der Waals surface area (Å²) in [7, 11) is 2.96. The van der Waals surface area contributed by atoms with Crippen LogP contribution in [0.5, 0.6) is 0 Å². The van der Waals surface area contributed by atoms with Crippen LogP contribution >= 0.6 is 0 Å². The Balaban J connectivity index is 1.90. The van der Waals surface area contributed by atoms with Gasteiger partial charge in [-0.15, -0.1) is 5.10 Å². The summed E-state index contributed by atoms with van der Waals surface area (Å²) in [5.41, 5.74) is 3.49. The number of fused-ring (bicyclic) bond motifs is 3. The van der Waals surface area contributed by atoms with E-state index in [1.165, 1.54) is 11.8 Å². The van der Waals surface area contributed by atoms with E-state index in [9.17, 15) is 4.79 Å². The minimum Gasteiger partial charge on any atom is -0.465 e. The molecule has 4 aromatic rings. The van der Waals surface area contributed by atoms with Crippen molar-refractivity contribution in [2.24, 2.45) is 7.05 Å². The lowest BCUT2D eigenvalue weighted by molar-refractivity contribution is 0.0601.